The summed E-state index contributed by atoms with van der Waals surface area (Å²) >= 11 is 1.37. The normalized spacial score (nSPS) is 21.1. The summed E-state index contributed by atoms with van der Waals surface area (Å²) in [7, 11) is 0. The molecular formula is C19H25N3O4S. The van der Waals surface area contributed by atoms with Gasteiger partial charge in [-0.3, -0.25) is 19.7 Å². The molecule has 2 aliphatic heterocycles. The second-order valence-electron chi connectivity index (χ2n) is 7.09. The third-order valence-electron chi connectivity index (χ3n) is 5.20. The van der Waals surface area contributed by atoms with Gasteiger partial charge in [-0.05, 0) is 51.2 Å². The van der Waals surface area contributed by atoms with Crippen LogP contribution in [0.4, 0.5) is 5.69 Å². The van der Waals surface area contributed by atoms with E-state index in [0.717, 1.165) is 50.1 Å². The van der Waals surface area contributed by atoms with E-state index >= 15 is 0 Å². The molecule has 0 N–H and O–H groups in total. The van der Waals surface area contributed by atoms with Crippen molar-refractivity contribution in [1.82, 2.24) is 9.80 Å². The van der Waals surface area contributed by atoms with Gasteiger partial charge in [0.15, 0.2) is 0 Å². The molecule has 1 aromatic rings. The molecule has 2 heterocycles. The van der Waals surface area contributed by atoms with Crippen molar-refractivity contribution in [2.24, 2.45) is 0 Å². The van der Waals surface area contributed by atoms with Gasteiger partial charge in [0.25, 0.3) is 5.69 Å². The van der Waals surface area contributed by atoms with Gasteiger partial charge in [-0.1, -0.05) is 0 Å². The van der Waals surface area contributed by atoms with Gasteiger partial charge in [-0.15, -0.1) is 11.8 Å². The van der Waals surface area contributed by atoms with Crippen LogP contribution in [0, 0.1) is 10.1 Å². The first-order valence-electron chi connectivity index (χ1n) is 9.48. The fourth-order valence-corrected chi connectivity index (χ4v) is 4.67. The first-order valence-corrected chi connectivity index (χ1v) is 10.4. The summed E-state index contributed by atoms with van der Waals surface area (Å²) in [5.41, 5.74) is 0.0330. The predicted molar refractivity (Wildman–Crippen MR) is 104 cm³/mol. The molecule has 2 aliphatic rings. The van der Waals surface area contributed by atoms with Crippen molar-refractivity contribution >= 4 is 29.3 Å². The number of nitrogens with zero attached hydrogens (tertiary/aromatic N) is 3. The Morgan fingerprint density at radius 2 is 1.74 bits per heavy atom. The van der Waals surface area contributed by atoms with Gasteiger partial charge in [0.1, 0.15) is 6.04 Å². The first-order chi connectivity index (χ1) is 13.0. The summed E-state index contributed by atoms with van der Waals surface area (Å²) in [4.78, 5) is 40.7. The van der Waals surface area contributed by atoms with Crippen LogP contribution in [0.2, 0.25) is 0 Å². The molecule has 0 radical (unpaired) electrons. The van der Waals surface area contributed by atoms with Gasteiger partial charge in [-0.2, -0.15) is 0 Å². The Morgan fingerprint density at radius 3 is 2.37 bits per heavy atom. The summed E-state index contributed by atoms with van der Waals surface area (Å²) in [6, 6.07) is 5.87. The standard InChI is InChI=1S/C19H25N3O4S/c1-14(27-16-9-7-15(8-10-16)22(25)26)18(23)21-13-3-2-6-17(21)19(24)20-11-4-5-12-20/h7-10,14,17H,2-6,11-13H2,1H3. The van der Waals surface area contributed by atoms with E-state index in [0.29, 0.717) is 6.54 Å². The van der Waals surface area contributed by atoms with Crippen LogP contribution < -0.4 is 0 Å². The van der Waals surface area contributed by atoms with Crippen molar-refractivity contribution in [1.29, 1.82) is 0 Å². The summed E-state index contributed by atoms with van der Waals surface area (Å²) in [6.07, 6.45) is 4.70. The molecule has 8 heteroatoms. The van der Waals surface area contributed by atoms with Crippen LogP contribution in [0.25, 0.3) is 0 Å². The van der Waals surface area contributed by atoms with E-state index in [1.807, 2.05) is 11.8 Å². The molecule has 146 valence electrons. The second kappa shape index (κ2) is 8.73. The summed E-state index contributed by atoms with van der Waals surface area (Å²) in [5, 5.41) is 10.4. The molecule has 0 aromatic heterocycles. The smallest absolute Gasteiger partial charge is 0.269 e. The average Bonchev–Trinajstić information content (AvgIpc) is 3.22. The lowest BCUT2D eigenvalue weighted by atomic mass is 10.0. The Labute approximate surface area is 163 Å². The Balaban J connectivity index is 1.66. The monoisotopic (exact) mass is 391 g/mol. The lowest BCUT2D eigenvalue weighted by Crippen LogP contribution is -2.54. The van der Waals surface area contributed by atoms with Crippen LogP contribution in [-0.2, 0) is 9.59 Å². The van der Waals surface area contributed by atoms with Crippen molar-refractivity contribution in [2.75, 3.05) is 19.6 Å². The van der Waals surface area contributed by atoms with Crippen molar-refractivity contribution in [2.45, 2.75) is 55.2 Å². The van der Waals surface area contributed by atoms with Gasteiger partial charge in [0, 0.05) is 36.7 Å². The molecule has 3 rings (SSSR count). The van der Waals surface area contributed by atoms with E-state index in [9.17, 15) is 19.7 Å². The van der Waals surface area contributed by atoms with Crippen LogP contribution in [0.3, 0.4) is 0 Å². The number of hydrogen-bond donors (Lipinski definition) is 0. The van der Waals surface area contributed by atoms with Crippen molar-refractivity contribution in [3.63, 3.8) is 0 Å². The molecule has 2 amide bonds. The minimum absolute atomic E-state index is 0.0319. The molecule has 2 unspecified atom stereocenters. The van der Waals surface area contributed by atoms with Crippen molar-refractivity contribution < 1.29 is 14.5 Å². The van der Waals surface area contributed by atoms with Gasteiger partial charge in [-0.25, -0.2) is 0 Å². The van der Waals surface area contributed by atoms with Gasteiger partial charge >= 0.3 is 0 Å². The van der Waals surface area contributed by atoms with Crippen molar-refractivity contribution in [3.05, 3.63) is 34.4 Å². The number of nitro benzene ring substituents is 1. The number of carbonyl (C=O) groups is 2. The molecule has 27 heavy (non-hydrogen) atoms. The second-order valence-corrected chi connectivity index (χ2v) is 8.50. The molecule has 2 atom stereocenters. The van der Waals surface area contributed by atoms with Crippen LogP contribution >= 0.6 is 11.8 Å². The number of thioether (sulfide) groups is 1. The molecule has 0 spiro atoms. The molecule has 2 fully saturated rings. The van der Waals surface area contributed by atoms with Crippen LogP contribution in [0.5, 0.6) is 0 Å². The minimum Gasteiger partial charge on any atom is -0.341 e. The van der Waals surface area contributed by atoms with Gasteiger partial charge < -0.3 is 9.80 Å². The van der Waals surface area contributed by atoms with Crippen LogP contribution in [-0.4, -0.2) is 57.5 Å². The SMILES string of the molecule is CC(Sc1ccc([N+](=O)[O-])cc1)C(=O)N1CCCCC1C(=O)N1CCCC1. The number of likely N-dealkylation sites (tertiary alicyclic amines) is 2. The molecule has 2 saturated heterocycles. The molecule has 1 aromatic carbocycles. The van der Waals surface area contributed by atoms with E-state index in [1.54, 1.807) is 17.0 Å². The zero-order chi connectivity index (χ0) is 19.4. The Kier molecular flexibility index (Phi) is 6.36. The predicted octanol–water partition coefficient (Wildman–Crippen LogP) is 3.08. The highest BCUT2D eigenvalue weighted by Gasteiger charge is 2.37. The maximum Gasteiger partial charge on any atom is 0.269 e. The number of carbonyl (C=O) groups excluding carboxylic acids is 2. The zero-order valence-electron chi connectivity index (χ0n) is 15.5. The largest absolute Gasteiger partial charge is 0.341 e. The highest BCUT2D eigenvalue weighted by atomic mass is 32.2. The first kappa shape index (κ1) is 19.7. The third-order valence-corrected chi connectivity index (χ3v) is 6.30. The van der Waals surface area contributed by atoms with E-state index in [4.69, 9.17) is 0 Å². The highest BCUT2D eigenvalue weighted by Crippen LogP contribution is 2.29. The number of hydrogen-bond acceptors (Lipinski definition) is 5. The molecule has 0 aliphatic carbocycles. The number of benzene rings is 1. The maximum absolute atomic E-state index is 13.0. The number of nitro groups is 1. The summed E-state index contributed by atoms with van der Waals surface area (Å²) in [6.45, 7) is 4.05. The van der Waals surface area contributed by atoms with E-state index in [1.165, 1.54) is 23.9 Å². The topological polar surface area (TPSA) is 83.8 Å². The van der Waals surface area contributed by atoms with E-state index in [-0.39, 0.29) is 28.8 Å². The quantitative estimate of drug-likeness (QED) is 0.438. The molecule has 0 saturated carbocycles. The average molecular weight is 391 g/mol. The van der Waals surface area contributed by atoms with Gasteiger partial charge in [0.05, 0.1) is 10.2 Å². The molecular weight excluding hydrogens is 366 g/mol. The maximum atomic E-state index is 13.0. The van der Waals surface area contributed by atoms with Gasteiger partial charge in [0.2, 0.25) is 11.8 Å². The summed E-state index contributed by atoms with van der Waals surface area (Å²) in [5.74, 6) is 0.0590. The van der Waals surface area contributed by atoms with Crippen LogP contribution in [0.1, 0.15) is 39.0 Å². The Hall–Kier alpha value is -2.09. The fourth-order valence-electron chi connectivity index (χ4n) is 3.73. The summed E-state index contributed by atoms with van der Waals surface area (Å²) < 4.78 is 0. The van der Waals surface area contributed by atoms with Crippen LogP contribution in [0.15, 0.2) is 29.2 Å². The minimum atomic E-state index is -0.439. The van der Waals surface area contributed by atoms with Crippen molar-refractivity contribution in [3.8, 4) is 0 Å². The molecule has 0 bridgehead atoms. The Bertz CT molecular complexity index is 703. The lowest BCUT2D eigenvalue weighted by molar-refractivity contribution is -0.384. The highest BCUT2D eigenvalue weighted by molar-refractivity contribution is 8.00. The third kappa shape index (κ3) is 4.61. The number of rotatable bonds is 5. The zero-order valence-corrected chi connectivity index (χ0v) is 16.3. The number of piperidine rings is 1. The number of non-ortho nitro benzene ring substituents is 1. The van der Waals surface area contributed by atoms with E-state index < -0.39 is 4.92 Å². The Morgan fingerprint density at radius 1 is 1.11 bits per heavy atom. The molecule has 7 nitrogen and oxygen atoms in total. The fraction of sp³-hybridized carbons (Fsp3) is 0.579. The lowest BCUT2D eigenvalue weighted by Gasteiger charge is -2.38. The van der Waals surface area contributed by atoms with E-state index in [2.05, 4.69) is 0 Å². The number of amides is 2.